The van der Waals surface area contributed by atoms with E-state index in [1.54, 1.807) is 0 Å². The van der Waals surface area contributed by atoms with Crippen LogP contribution in [0.3, 0.4) is 0 Å². The van der Waals surface area contributed by atoms with Crippen molar-refractivity contribution < 1.29 is 4.55 Å². The van der Waals surface area contributed by atoms with E-state index in [0.29, 0.717) is 0 Å². The lowest BCUT2D eigenvalue weighted by Crippen LogP contribution is -1.86. The standard InChI is InChI=1S/C9H12OS/c1-6-4-7(2)8(3)9(5-6)11-10/h4-5,10H,1-3H3. The van der Waals surface area contributed by atoms with Crippen molar-refractivity contribution in [3.63, 3.8) is 0 Å². The zero-order chi connectivity index (χ0) is 8.43. The monoisotopic (exact) mass is 168 g/mol. The lowest BCUT2D eigenvalue weighted by molar-refractivity contribution is 0.663. The molecule has 0 saturated carbocycles. The molecule has 0 aliphatic heterocycles. The third-order valence-electron chi connectivity index (χ3n) is 1.86. The van der Waals surface area contributed by atoms with Crippen molar-refractivity contribution in [2.75, 3.05) is 0 Å². The van der Waals surface area contributed by atoms with Gasteiger partial charge in [-0.1, -0.05) is 6.07 Å². The molecule has 0 aliphatic carbocycles. The molecule has 1 rings (SSSR count). The first-order chi connectivity index (χ1) is 5.15. The second-order valence-corrected chi connectivity index (χ2v) is 3.42. The first-order valence-electron chi connectivity index (χ1n) is 3.54. The van der Waals surface area contributed by atoms with Crippen molar-refractivity contribution in [1.29, 1.82) is 0 Å². The average molecular weight is 168 g/mol. The molecule has 0 unspecified atom stereocenters. The van der Waals surface area contributed by atoms with Gasteiger partial charge in [-0.05, 0) is 43.5 Å². The zero-order valence-electron chi connectivity index (χ0n) is 7.01. The maximum atomic E-state index is 8.88. The average Bonchev–Trinajstić information content (AvgIpc) is 1.96. The first kappa shape index (κ1) is 8.62. The van der Waals surface area contributed by atoms with Crippen LogP contribution >= 0.6 is 12.0 Å². The van der Waals surface area contributed by atoms with Crippen LogP contribution in [-0.2, 0) is 0 Å². The number of hydrogen-bond acceptors (Lipinski definition) is 2. The summed E-state index contributed by atoms with van der Waals surface area (Å²) in [5, 5.41) is 0. The summed E-state index contributed by atoms with van der Waals surface area (Å²) in [5.74, 6) is 0. The van der Waals surface area contributed by atoms with E-state index in [1.165, 1.54) is 16.7 Å². The second-order valence-electron chi connectivity index (χ2n) is 2.80. The van der Waals surface area contributed by atoms with Crippen molar-refractivity contribution in [2.24, 2.45) is 0 Å². The summed E-state index contributed by atoms with van der Waals surface area (Å²) >= 11 is 0.824. The van der Waals surface area contributed by atoms with Crippen molar-refractivity contribution in [1.82, 2.24) is 0 Å². The highest BCUT2D eigenvalue weighted by Gasteiger charge is 2.01. The highest BCUT2D eigenvalue weighted by Crippen LogP contribution is 2.23. The minimum atomic E-state index is 0.824. The van der Waals surface area contributed by atoms with Crippen LogP contribution in [0, 0.1) is 20.8 Å². The minimum Gasteiger partial charge on any atom is -0.325 e. The number of aryl methyl sites for hydroxylation is 2. The Hall–Kier alpha value is -0.470. The van der Waals surface area contributed by atoms with E-state index < -0.39 is 0 Å². The highest BCUT2D eigenvalue weighted by atomic mass is 32.2. The Bertz CT molecular complexity index is 269. The molecule has 2 heteroatoms. The predicted molar refractivity (Wildman–Crippen MR) is 49.1 cm³/mol. The molecule has 0 fully saturated rings. The van der Waals surface area contributed by atoms with Crippen LogP contribution in [0.15, 0.2) is 17.0 Å². The normalized spacial score (nSPS) is 10.2. The Morgan fingerprint density at radius 1 is 1.18 bits per heavy atom. The van der Waals surface area contributed by atoms with Crippen molar-refractivity contribution in [3.8, 4) is 0 Å². The van der Waals surface area contributed by atoms with E-state index in [2.05, 4.69) is 13.0 Å². The third kappa shape index (κ3) is 1.76. The van der Waals surface area contributed by atoms with Gasteiger partial charge in [0.1, 0.15) is 0 Å². The van der Waals surface area contributed by atoms with Crippen LogP contribution in [0.4, 0.5) is 0 Å². The molecule has 0 spiro atoms. The molecule has 60 valence electrons. The van der Waals surface area contributed by atoms with Crippen LogP contribution in [0.1, 0.15) is 16.7 Å². The van der Waals surface area contributed by atoms with Crippen LogP contribution in [0.2, 0.25) is 0 Å². The summed E-state index contributed by atoms with van der Waals surface area (Å²) in [5.41, 5.74) is 3.61. The van der Waals surface area contributed by atoms with Crippen molar-refractivity contribution in [2.45, 2.75) is 25.7 Å². The molecular formula is C9H12OS. The van der Waals surface area contributed by atoms with Gasteiger partial charge in [0.05, 0.1) is 0 Å². The molecule has 0 bridgehead atoms. The van der Waals surface area contributed by atoms with Gasteiger partial charge < -0.3 is 4.55 Å². The smallest absolute Gasteiger partial charge is 0.0385 e. The van der Waals surface area contributed by atoms with Crippen molar-refractivity contribution >= 4 is 12.0 Å². The fourth-order valence-corrected chi connectivity index (χ4v) is 1.63. The SMILES string of the molecule is Cc1cc(C)c(C)c(SO)c1. The Morgan fingerprint density at radius 2 is 1.82 bits per heavy atom. The largest absolute Gasteiger partial charge is 0.325 e. The third-order valence-corrected chi connectivity index (χ3v) is 2.48. The lowest BCUT2D eigenvalue weighted by Gasteiger charge is -2.05. The summed E-state index contributed by atoms with van der Waals surface area (Å²) in [6.07, 6.45) is 0. The van der Waals surface area contributed by atoms with Crippen LogP contribution in [-0.4, -0.2) is 4.55 Å². The number of benzene rings is 1. The molecule has 1 aromatic rings. The fraction of sp³-hybridized carbons (Fsp3) is 0.333. The molecule has 0 aliphatic rings. The lowest BCUT2D eigenvalue weighted by atomic mass is 10.1. The van der Waals surface area contributed by atoms with E-state index >= 15 is 0 Å². The van der Waals surface area contributed by atoms with Crippen LogP contribution in [0.5, 0.6) is 0 Å². The van der Waals surface area contributed by atoms with Gasteiger partial charge >= 0.3 is 0 Å². The van der Waals surface area contributed by atoms with Crippen LogP contribution < -0.4 is 0 Å². The molecule has 0 amide bonds. The molecule has 1 nitrogen and oxygen atoms in total. The number of rotatable bonds is 1. The van der Waals surface area contributed by atoms with Gasteiger partial charge in [-0.15, -0.1) is 0 Å². The molecule has 0 atom stereocenters. The molecule has 1 N–H and O–H groups in total. The van der Waals surface area contributed by atoms with E-state index in [-0.39, 0.29) is 0 Å². The molecule has 0 radical (unpaired) electrons. The second kappa shape index (κ2) is 3.28. The predicted octanol–water partition coefficient (Wildman–Crippen LogP) is 3.18. The zero-order valence-corrected chi connectivity index (χ0v) is 7.83. The summed E-state index contributed by atoms with van der Waals surface area (Å²) in [6.45, 7) is 6.11. The topological polar surface area (TPSA) is 20.2 Å². The Labute approximate surface area is 71.7 Å². The van der Waals surface area contributed by atoms with E-state index in [0.717, 1.165) is 16.9 Å². The van der Waals surface area contributed by atoms with E-state index in [9.17, 15) is 0 Å². The fourth-order valence-electron chi connectivity index (χ4n) is 1.10. The van der Waals surface area contributed by atoms with Gasteiger partial charge in [0, 0.05) is 16.9 Å². The van der Waals surface area contributed by atoms with Gasteiger partial charge in [-0.25, -0.2) is 0 Å². The van der Waals surface area contributed by atoms with Gasteiger partial charge in [-0.3, -0.25) is 0 Å². The van der Waals surface area contributed by atoms with Crippen LogP contribution in [0.25, 0.3) is 0 Å². The molecule has 0 aromatic heterocycles. The Balaban J connectivity index is 3.24. The van der Waals surface area contributed by atoms with Gasteiger partial charge in [-0.2, -0.15) is 0 Å². The molecule has 0 saturated heterocycles. The molecule has 1 aromatic carbocycles. The van der Waals surface area contributed by atoms with E-state index in [4.69, 9.17) is 4.55 Å². The maximum absolute atomic E-state index is 8.88. The molecule has 11 heavy (non-hydrogen) atoms. The summed E-state index contributed by atoms with van der Waals surface area (Å²) in [6, 6.07) is 4.11. The molecular weight excluding hydrogens is 156 g/mol. The van der Waals surface area contributed by atoms with E-state index in [1.807, 2.05) is 19.9 Å². The van der Waals surface area contributed by atoms with Gasteiger partial charge in [0.2, 0.25) is 0 Å². The Kier molecular flexibility index (Phi) is 2.58. The van der Waals surface area contributed by atoms with Crippen molar-refractivity contribution in [3.05, 3.63) is 28.8 Å². The molecule has 0 heterocycles. The van der Waals surface area contributed by atoms with Gasteiger partial charge in [0.15, 0.2) is 0 Å². The highest BCUT2D eigenvalue weighted by molar-refractivity contribution is 7.93. The maximum Gasteiger partial charge on any atom is 0.0385 e. The number of hydrogen-bond donors (Lipinski definition) is 1. The van der Waals surface area contributed by atoms with Gasteiger partial charge in [0.25, 0.3) is 0 Å². The minimum absolute atomic E-state index is 0.824. The summed E-state index contributed by atoms with van der Waals surface area (Å²) in [7, 11) is 0. The summed E-state index contributed by atoms with van der Waals surface area (Å²) < 4.78 is 8.88. The Morgan fingerprint density at radius 3 is 2.36 bits per heavy atom. The first-order valence-corrected chi connectivity index (χ1v) is 4.31. The summed E-state index contributed by atoms with van der Waals surface area (Å²) in [4.78, 5) is 0.961. The quantitative estimate of drug-likeness (QED) is 0.650.